The minimum atomic E-state index is -1.55. The van der Waals surface area contributed by atoms with Crippen molar-refractivity contribution in [3.8, 4) is 22.5 Å². The number of halogens is 4. The molecule has 2 aliphatic heterocycles. The number of carboxylic acids is 2. The molecule has 368 valence electrons. The summed E-state index contributed by atoms with van der Waals surface area (Å²) in [5.41, 5.74) is 5.08. The van der Waals surface area contributed by atoms with Gasteiger partial charge in [-0.2, -0.15) is 9.97 Å². The van der Waals surface area contributed by atoms with Crippen LogP contribution in [0.2, 0.25) is 20.1 Å². The molecule has 2 aliphatic rings. The molecule has 2 aromatic heterocycles. The molecular formula is C52H56Cl4N8O6. The number of piperazine rings is 2. The molecule has 0 unspecified atom stereocenters. The van der Waals surface area contributed by atoms with Crippen LogP contribution in [0.4, 0.5) is 11.4 Å². The first-order valence-electron chi connectivity index (χ1n) is 23.3. The number of carboxylic acid groups (broad SMARTS) is 2. The number of benzene rings is 4. The van der Waals surface area contributed by atoms with E-state index in [1.54, 1.807) is 18.9 Å². The summed E-state index contributed by atoms with van der Waals surface area (Å²) in [5, 5.41) is 21.3. The van der Waals surface area contributed by atoms with E-state index < -0.39 is 11.9 Å². The summed E-state index contributed by atoms with van der Waals surface area (Å²) in [6.07, 6.45) is 8.60. The fraction of sp³-hybridized carbons (Fsp3) is 0.308. The van der Waals surface area contributed by atoms with Gasteiger partial charge in [0.15, 0.2) is 0 Å². The second-order valence-electron chi connectivity index (χ2n) is 16.8. The van der Waals surface area contributed by atoms with Gasteiger partial charge in [-0.05, 0) is 74.2 Å². The van der Waals surface area contributed by atoms with Crippen molar-refractivity contribution >= 4 is 69.7 Å². The van der Waals surface area contributed by atoms with Gasteiger partial charge in [0.1, 0.15) is 0 Å². The normalized spacial score (nSPS) is 14.1. The molecule has 0 spiro atoms. The number of carbonyl (C=O) groups is 2. The number of anilines is 2. The predicted octanol–water partition coefficient (Wildman–Crippen LogP) is 3.85. The lowest BCUT2D eigenvalue weighted by molar-refractivity contribution is -0.900. The Kier molecular flexibility index (Phi) is 20.9. The van der Waals surface area contributed by atoms with Crippen LogP contribution in [0.15, 0.2) is 143 Å². The molecule has 6 aromatic rings. The lowest BCUT2D eigenvalue weighted by Crippen LogP contribution is -3.14. The number of unbranched alkanes of at least 4 members (excludes halogenated alkanes) is 2. The van der Waals surface area contributed by atoms with Crippen LogP contribution in [0.25, 0.3) is 22.5 Å². The molecule has 0 aliphatic carbocycles. The van der Waals surface area contributed by atoms with Crippen LogP contribution in [0.1, 0.15) is 25.7 Å². The highest BCUT2D eigenvalue weighted by Gasteiger charge is 2.23. The van der Waals surface area contributed by atoms with Gasteiger partial charge in [-0.1, -0.05) is 119 Å². The summed E-state index contributed by atoms with van der Waals surface area (Å²) >= 11 is 25.0. The summed E-state index contributed by atoms with van der Waals surface area (Å²) in [5.74, 6) is -3.09. The Hall–Kier alpha value is -6.00. The third-order valence-electron chi connectivity index (χ3n) is 12.1. The molecule has 18 heteroatoms. The Balaban J connectivity index is 0.000000199. The van der Waals surface area contributed by atoms with Crippen LogP contribution in [0.5, 0.6) is 0 Å². The SMILES string of the molecule is O=C([O-])/C=C/C(=O)[O-].O=c1nc(-c2ccccc2)ccn1CCCC[NH+]1CCN(c2cccc(Cl)c2Cl)CC1.O=c1nc(-c2ccccc2)ccn1CCCC[NH+]1CCN(c2cccc(Cl)c2Cl)CC1. The van der Waals surface area contributed by atoms with Gasteiger partial charge in [0, 0.05) is 36.6 Å². The lowest BCUT2D eigenvalue weighted by Gasteiger charge is -2.34. The molecule has 70 heavy (non-hydrogen) atoms. The Morgan fingerprint density at radius 2 is 0.886 bits per heavy atom. The van der Waals surface area contributed by atoms with Crippen LogP contribution in [0.3, 0.4) is 0 Å². The van der Waals surface area contributed by atoms with Crippen molar-refractivity contribution in [3.63, 3.8) is 0 Å². The van der Waals surface area contributed by atoms with Crippen molar-refractivity contribution in [1.82, 2.24) is 19.1 Å². The number of aromatic nitrogens is 4. The van der Waals surface area contributed by atoms with Gasteiger partial charge in [-0.25, -0.2) is 9.59 Å². The topological polar surface area (TPSA) is 165 Å². The smallest absolute Gasteiger partial charge is 0.348 e. The van der Waals surface area contributed by atoms with Gasteiger partial charge in [0.05, 0.1) is 120 Å². The van der Waals surface area contributed by atoms with E-state index in [2.05, 4.69) is 19.8 Å². The van der Waals surface area contributed by atoms with E-state index in [-0.39, 0.29) is 11.4 Å². The highest BCUT2D eigenvalue weighted by molar-refractivity contribution is 6.44. The summed E-state index contributed by atoms with van der Waals surface area (Å²) in [6, 6.07) is 35.1. The van der Waals surface area contributed by atoms with Crippen molar-refractivity contribution in [1.29, 1.82) is 0 Å². The third-order valence-corrected chi connectivity index (χ3v) is 13.7. The van der Waals surface area contributed by atoms with Crippen LogP contribution < -0.4 is 41.2 Å². The predicted molar refractivity (Wildman–Crippen MR) is 274 cm³/mol. The van der Waals surface area contributed by atoms with Gasteiger partial charge >= 0.3 is 11.4 Å². The first-order chi connectivity index (χ1) is 33.9. The van der Waals surface area contributed by atoms with E-state index in [1.807, 2.05) is 122 Å². The second-order valence-corrected chi connectivity index (χ2v) is 18.4. The van der Waals surface area contributed by atoms with E-state index in [0.717, 1.165) is 125 Å². The maximum absolute atomic E-state index is 12.4. The Morgan fingerprint density at radius 1 is 0.514 bits per heavy atom. The number of carbonyl (C=O) groups excluding carboxylic acids is 2. The van der Waals surface area contributed by atoms with E-state index in [4.69, 9.17) is 46.4 Å². The zero-order valence-corrected chi connectivity index (χ0v) is 41.7. The minimum Gasteiger partial charge on any atom is -0.545 e. The highest BCUT2D eigenvalue weighted by atomic mass is 35.5. The minimum absolute atomic E-state index is 0.180. The molecular weight excluding hydrogens is 974 g/mol. The molecule has 0 saturated carbocycles. The molecule has 14 nitrogen and oxygen atoms in total. The van der Waals surface area contributed by atoms with Gasteiger partial charge in [-0.3, -0.25) is 9.13 Å². The molecule has 2 fully saturated rings. The van der Waals surface area contributed by atoms with Crippen molar-refractivity contribution in [2.24, 2.45) is 0 Å². The summed E-state index contributed by atoms with van der Waals surface area (Å²) in [7, 11) is 0. The maximum Gasteiger partial charge on any atom is 0.348 e. The summed E-state index contributed by atoms with van der Waals surface area (Å²) in [6.45, 7) is 11.8. The fourth-order valence-electron chi connectivity index (χ4n) is 8.29. The molecule has 4 aromatic carbocycles. The number of quaternary nitrogens is 2. The quantitative estimate of drug-likeness (QED) is 0.108. The number of nitrogens with one attached hydrogen (secondary N) is 2. The molecule has 0 radical (unpaired) electrons. The number of rotatable bonds is 16. The van der Waals surface area contributed by atoms with Crippen LogP contribution in [-0.2, 0) is 22.7 Å². The van der Waals surface area contributed by atoms with Gasteiger partial charge in [-0.15, -0.1) is 0 Å². The summed E-state index contributed by atoms with van der Waals surface area (Å²) in [4.78, 5) is 59.8. The average molecular weight is 1030 g/mol. The number of aliphatic carboxylic acids is 2. The van der Waals surface area contributed by atoms with E-state index in [9.17, 15) is 29.4 Å². The van der Waals surface area contributed by atoms with Crippen LogP contribution in [0, 0.1) is 0 Å². The maximum atomic E-state index is 12.4. The fourth-order valence-corrected chi connectivity index (χ4v) is 9.12. The second kappa shape index (κ2) is 27.4. The Morgan fingerprint density at radius 3 is 1.23 bits per heavy atom. The lowest BCUT2D eigenvalue weighted by atomic mass is 10.1. The molecule has 2 saturated heterocycles. The Labute approximate surface area is 427 Å². The zero-order valence-electron chi connectivity index (χ0n) is 38.7. The van der Waals surface area contributed by atoms with Crippen molar-refractivity contribution in [2.45, 2.75) is 38.8 Å². The highest BCUT2D eigenvalue weighted by Crippen LogP contribution is 2.33. The molecule has 0 amide bonds. The van der Waals surface area contributed by atoms with Crippen LogP contribution >= 0.6 is 46.4 Å². The van der Waals surface area contributed by atoms with Gasteiger partial charge < -0.3 is 39.4 Å². The Bertz CT molecular complexity index is 2590. The number of aryl methyl sites for hydroxylation is 2. The first kappa shape index (κ1) is 53.4. The number of hydrogen-bond donors (Lipinski definition) is 2. The molecule has 8 rings (SSSR count). The first-order valence-corrected chi connectivity index (χ1v) is 24.8. The monoisotopic (exact) mass is 1030 g/mol. The zero-order chi connectivity index (χ0) is 49.8. The molecule has 2 N–H and O–H groups in total. The van der Waals surface area contributed by atoms with Crippen molar-refractivity contribution in [3.05, 3.63) is 175 Å². The number of nitrogens with zero attached hydrogens (tertiary/aromatic N) is 6. The third kappa shape index (κ3) is 16.3. The molecule has 4 heterocycles. The van der Waals surface area contributed by atoms with Gasteiger partial charge in [0.2, 0.25) is 0 Å². The average Bonchev–Trinajstić information content (AvgIpc) is 3.37. The van der Waals surface area contributed by atoms with Crippen molar-refractivity contribution < 1.29 is 29.6 Å². The standard InChI is InChI=1S/2C24H26Cl2N4O.C4H4O4/c2*25-20-9-6-10-22(23(20)26)29-17-15-28(16-18-29)12-4-5-13-30-14-11-21(27-24(30)31)19-7-2-1-3-8-19;5-3(6)1-2-4(7)8/h2*1-3,6-11,14H,4-5,12-13,15-18H2;1-2H,(H,5,6)(H,7,8)/b;;2-1+. The van der Waals surface area contributed by atoms with Crippen LogP contribution in [-0.4, -0.2) is 96.5 Å². The van der Waals surface area contributed by atoms with E-state index >= 15 is 0 Å². The van der Waals surface area contributed by atoms with Crippen molar-refractivity contribution in [2.75, 3.05) is 75.2 Å². The molecule has 0 atom stereocenters. The summed E-state index contributed by atoms with van der Waals surface area (Å²) < 4.78 is 3.42. The number of hydrogen-bond acceptors (Lipinski definition) is 10. The van der Waals surface area contributed by atoms with E-state index in [1.165, 1.54) is 0 Å². The largest absolute Gasteiger partial charge is 0.545 e. The molecule has 0 bridgehead atoms. The van der Waals surface area contributed by atoms with E-state index in [0.29, 0.717) is 45.3 Å². The van der Waals surface area contributed by atoms with Gasteiger partial charge in [0.25, 0.3) is 0 Å².